The number of nitrogens with two attached hydrogens (primary N) is 1. The van der Waals surface area contributed by atoms with Crippen molar-refractivity contribution in [2.45, 2.75) is 12.8 Å². The first-order valence-electron chi connectivity index (χ1n) is 8.54. The number of anilines is 2. The molecule has 0 aliphatic carbocycles. The molecule has 1 aliphatic rings. The first kappa shape index (κ1) is 17.5. The summed E-state index contributed by atoms with van der Waals surface area (Å²) in [6.45, 7) is 0. The summed E-state index contributed by atoms with van der Waals surface area (Å²) in [5, 5.41) is 3.21. The van der Waals surface area contributed by atoms with Crippen molar-refractivity contribution < 1.29 is 23.6 Å². The maximum Gasteiger partial charge on any atom is 0.286 e. The highest BCUT2D eigenvalue weighted by Gasteiger charge is 2.30. The lowest BCUT2D eigenvalue weighted by molar-refractivity contribution is -0.121. The molecule has 0 spiro atoms. The van der Waals surface area contributed by atoms with Crippen molar-refractivity contribution >= 4 is 46.0 Å². The number of rotatable bonds is 4. The van der Waals surface area contributed by atoms with Gasteiger partial charge in [0.2, 0.25) is 17.6 Å². The molecular formula is C20H15N3O5. The highest BCUT2D eigenvalue weighted by molar-refractivity contribution is 6.20. The van der Waals surface area contributed by atoms with Crippen LogP contribution in [0, 0.1) is 0 Å². The Labute approximate surface area is 158 Å². The fraction of sp³-hybridized carbons (Fsp3) is 0.100. The first-order chi connectivity index (χ1) is 13.5. The molecule has 3 N–H and O–H groups in total. The summed E-state index contributed by atoms with van der Waals surface area (Å²) in [5.74, 6) is -1.96. The molecule has 1 aliphatic heterocycles. The quantitative estimate of drug-likeness (QED) is 0.676. The van der Waals surface area contributed by atoms with Gasteiger partial charge in [-0.2, -0.15) is 0 Å². The molecule has 4 amide bonds. The van der Waals surface area contributed by atoms with Gasteiger partial charge in [0.15, 0.2) is 0 Å². The second-order valence-electron chi connectivity index (χ2n) is 6.29. The smallest absolute Gasteiger partial charge is 0.286 e. The van der Waals surface area contributed by atoms with E-state index in [0.717, 1.165) is 4.90 Å². The zero-order valence-electron chi connectivity index (χ0n) is 14.6. The Morgan fingerprint density at radius 2 is 1.61 bits per heavy atom. The molecule has 3 aromatic rings. The molecule has 0 atom stereocenters. The molecule has 1 fully saturated rings. The van der Waals surface area contributed by atoms with Crippen LogP contribution in [-0.2, 0) is 9.59 Å². The highest BCUT2D eigenvalue weighted by Crippen LogP contribution is 2.31. The number of hydrogen-bond donors (Lipinski definition) is 2. The molecule has 0 bridgehead atoms. The lowest BCUT2D eigenvalue weighted by Crippen LogP contribution is -2.28. The number of imide groups is 1. The maximum atomic E-state index is 12.6. The minimum absolute atomic E-state index is 0.139. The Kier molecular flexibility index (Phi) is 4.15. The number of benzene rings is 2. The van der Waals surface area contributed by atoms with Crippen LogP contribution < -0.4 is 16.0 Å². The number of nitrogens with one attached hydrogen (secondary N) is 1. The SMILES string of the molecule is NC(=O)c1oc2ccccc2c1NC(=O)c1ccc(N2C(=O)CCC2=O)cc1. The van der Waals surface area contributed by atoms with E-state index in [-0.39, 0.29) is 41.7 Å². The van der Waals surface area contributed by atoms with Gasteiger partial charge in [-0.05, 0) is 36.4 Å². The van der Waals surface area contributed by atoms with Gasteiger partial charge in [-0.3, -0.25) is 24.1 Å². The second-order valence-corrected chi connectivity index (χ2v) is 6.29. The van der Waals surface area contributed by atoms with Gasteiger partial charge in [0, 0.05) is 23.8 Å². The van der Waals surface area contributed by atoms with E-state index in [1.54, 1.807) is 24.3 Å². The molecule has 2 heterocycles. The third-order valence-corrected chi connectivity index (χ3v) is 4.50. The second kappa shape index (κ2) is 6.66. The average molecular weight is 377 g/mol. The molecule has 8 heteroatoms. The summed E-state index contributed by atoms with van der Waals surface area (Å²) >= 11 is 0. The number of primary amides is 1. The largest absolute Gasteiger partial charge is 0.449 e. The van der Waals surface area contributed by atoms with Crippen LogP contribution in [0.5, 0.6) is 0 Å². The molecule has 8 nitrogen and oxygen atoms in total. The van der Waals surface area contributed by atoms with E-state index in [9.17, 15) is 19.2 Å². The van der Waals surface area contributed by atoms with Crippen LogP contribution in [0.4, 0.5) is 11.4 Å². The third kappa shape index (κ3) is 2.90. The van der Waals surface area contributed by atoms with Gasteiger partial charge in [0.1, 0.15) is 11.3 Å². The van der Waals surface area contributed by atoms with E-state index in [4.69, 9.17) is 10.2 Å². The van der Waals surface area contributed by atoms with E-state index in [1.807, 2.05) is 0 Å². The number of para-hydroxylation sites is 1. The van der Waals surface area contributed by atoms with Gasteiger partial charge in [-0.15, -0.1) is 0 Å². The van der Waals surface area contributed by atoms with Crippen molar-refractivity contribution in [3.8, 4) is 0 Å². The normalized spacial score (nSPS) is 13.9. The van der Waals surface area contributed by atoms with E-state index in [1.165, 1.54) is 24.3 Å². The minimum atomic E-state index is -0.798. The molecule has 0 radical (unpaired) electrons. The van der Waals surface area contributed by atoms with Crippen LogP contribution in [0.1, 0.15) is 33.8 Å². The molecular weight excluding hydrogens is 362 g/mol. The number of fused-ring (bicyclic) bond motifs is 1. The third-order valence-electron chi connectivity index (χ3n) is 4.50. The van der Waals surface area contributed by atoms with Crippen LogP contribution in [0.25, 0.3) is 11.0 Å². The van der Waals surface area contributed by atoms with Gasteiger partial charge < -0.3 is 15.5 Å². The van der Waals surface area contributed by atoms with Crippen LogP contribution in [0.3, 0.4) is 0 Å². The first-order valence-corrected chi connectivity index (χ1v) is 8.54. The van der Waals surface area contributed by atoms with Crippen LogP contribution >= 0.6 is 0 Å². The Hall–Kier alpha value is -3.94. The van der Waals surface area contributed by atoms with Gasteiger partial charge in [-0.1, -0.05) is 12.1 Å². The van der Waals surface area contributed by atoms with E-state index < -0.39 is 11.8 Å². The molecule has 140 valence electrons. The molecule has 28 heavy (non-hydrogen) atoms. The van der Waals surface area contributed by atoms with Crippen molar-refractivity contribution in [2.24, 2.45) is 5.73 Å². The Morgan fingerprint density at radius 1 is 0.964 bits per heavy atom. The number of hydrogen-bond acceptors (Lipinski definition) is 5. The Balaban J connectivity index is 1.62. The predicted molar refractivity (Wildman–Crippen MR) is 101 cm³/mol. The van der Waals surface area contributed by atoms with Gasteiger partial charge >= 0.3 is 0 Å². The van der Waals surface area contributed by atoms with E-state index >= 15 is 0 Å². The number of carbonyl (C=O) groups excluding carboxylic acids is 4. The molecule has 0 unspecified atom stereocenters. The molecule has 2 aromatic carbocycles. The average Bonchev–Trinajstić information content (AvgIpc) is 3.22. The Morgan fingerprint density at radius 3 is 2.25 bits per heavy atom. The topological polar surface area (TPSA) is 123 Å². The lowest BCUT2D eigenvalue weighted by atomic mass is 10.1. The fourth-order valence-electron chi connectivity index (χ4n) is 3.16. The van der Waals surface area contributed by atoms with Gasteiger partial charge in [0.05, 0.1) is 5.69 Å². The maximum absolute atomic E-state index is 12.6. The zero-order valence-corrected chi connectivity index (χ0v) is 14.6. The van der Waals surface area contributed by atoms with Crippen LogP contribution in [0.2, 0.25) is 0 Å². The van der Waals surface area contributed by atoms with Crippen molar-refractivity contribution in [3.63, 3.8) is 0 Å². The van der Waals surface area contributed by atoms with Crippen molar-refractivity contribution in [2.75, 3.05) is 10.2 Å². The van der Waals surface area contributed by atoms with Crippen molar-refractivity contribution in [1.29, 1.82) is 0 Å². The predicted octanol–water partition coefficient (Wildman–Crippen LogP) is 2.44. The monoisotopic (exact) mass is 377 g/mol. The summed E-state index contributed by atoms with van der Waals surface area (Å²) < 4.78 is 5.44. The number of carbonyl (C=O) groups is 4. The molecule has 0 saturated carbocycles. The highest BCUT2D eigenvalue weighted by atomic mass is 16.3. The number of nitrogens with zero attached hydrogens (tertiary/aromatic N) is 1. The van der Waals surface area contributed by atoms with E-state index in [0.29, 0.717) is 16.7 Å². The van der Waals surface area contributed by atoms with Crippen LogP contribution in [0.15, 0.2) is 52.9 Å². The molecule has 4 rings (SSSR count). The number of furan rings is 1. The number of amides is 4. The minimum Gasteiger partial charge on any atom is -0.449 e. The summed E-state index contributed by atoms with van der Waals surface area (Å²) in [7, 11) is 0. The fourth-order valence-corrected chi connectivity index (χ4v) is 3.16. The summed E-state index contributed by atoms with van der Waals surface area (Å²) in [5.41, 5.74) is 6.67. The summed E-state index contributed by atoms with van der Waals surface area (Å²) in [6.07, 6.45) is 0.370. The zero-order chi connectivity index (χ0) is 19.8. The molecule has 1 aromatic heterocycles. The summed E-state index contributed by atoms with van der Waals surface area (Å²) in [6, 6.07) is 12.9. The van der Waals surface area contributed by atoms with Crippen LogP contribution in [-0.4, -0.2) is 23.6 Å². The molecule has 1 saturated heterocycles. The van der Waals surface area contributed by atoms with Crippen molar-refractivity contribution in [1.82, 2.24) is 0 Å². The Bertz CT molecular complexity index is 1110. The lowest BCUT2D eigenvalue weighted by Gasteiger charge is -2.14. The van der Waals surface area contributed by atoms with Gasteiger partial charge in [-0.25, -0.2) is 0 Å². The standard InChI is InChI=1S/C20H15N3O5/c21-19(26)18-17(13-3-1-2-4-14(13)28-18)22-20(27)11-5-7-12(8-6-11)23-15(24)9-10-16(23)25/h1-8H,9-10H2,(H2,21,26)(H,22,27). The van der Waals surface area contributed by atoms with Gasteiger partial charge in [0.25, 0.3) is 11.8 Å². The van der Waals surface area contributed by atoms with Crippen molar-refractivity contribution in [3.05, 3.63) is 59.9 Å². The summed E-state index contributed by atoms with van der Waals surface area (Å²) in [4.78, 5) is 49.0. The van der Waals surface area contributed by atoms with E-state index in [2.05, 4.69) is 5.32 Å².